The molecule has 2 N–H and O–H groups in total. The first-order chi connectivity index (χ1) is 8.18. The number of nitrogens with zero attached hydrogens (tertiary/aromatic N) is 2. The topological polar surface area (TPSA) is 83.7 Å². The molecule has 1 rings (SSSR count). The van der Waals surface area contributed by atoms with Gasteiger partial charge in [-0.3, -0.25) is 4.79 Å². The Morgan fingerprint density at radius 1 is 1.44 bits per heavy atom. The van der Waals surface area contributed by atoms with Crippen LogP contribution in [0, 0.1) is 5.41 Å². The molecule has 1 fully saturated rings. The van der Waals surface area contributed by atoms with Crippen LogP contribution in [0.25, 0.3) is 0 Å². The lowest BCUT2D eigenvalue weighted by atomic mass is 9.93. The summed E-state index contributed by atoms with van der Waals surface area (Å²) >= 11 is 0. The molecule has 1 aliphatic rings. The number of hydrogen-bond donors (Lipinski definition) is 1. The summed E-state index contributed by atoms with van der Waals surface area (Å²) in [5.74, 6) is -0.0276. The molecule has 1 heterocycles. The molecule has 1 saturated heterocycles. The van der Waals surface area contributed by atoms with E-state index in [2.05, 4.69) is 0 Å². The van der Waals surface area contributed by atoms with Gasteiger partial charge >= 0.3 is 0 Å². The Morgan fingerprint density at radius 2 is 2.06 bits per heavy atom. The molecule has 7 heteroatoms. The molecule has 106 valence electrons. The predicted octanol–water partition coefficient (Wildman–Crippen LogP) is -0.535. The average molecular weight is 277 g/mol. The predicted molar refractivity (Wildman–Crippen MR) is 70.4 cm³/mol. The number of sulfonamides is 1. The Hall–Kier alpha value is -0.660. The zero-order valence-electron chi connectivity index (χ0n) is 11.3. The van der Waals surface area contributed by atoms with Crippen molar-refractivity contribution in [1.29, 1.82) is 0 Å². The summed E-state index contributed by atoms with van der Waals surface area (Å²) in [6, 6.07) is 0. The quantitative estimate of drug-likeness (QED) is 0.732. The number of nitrogens with two attached hydrogens (primary N) is 1. The molecule has 1 amide bonds. The summed E-state index contributed by atoms with van der Waals surface area (Å²) in [5.41, 5.74) is 5.46. The normalized spacial score (nSPS) is 20.0. The third kappa shape index (κ3) is 3.93. The zero-order valence-corrected chi connectivity index (χ0v) is 12.2. The van der Waals surface area contributed by atoms with Crippen molar-refractivity contribution in [2.45, 2.75) is 20.3 Å². The third-order valence-electron chi connectivity index (χ3n) is 3.16. The largest absolute Gasteiger partial charge is 0.344 e. The molecule has 0 aromatic carbocycles. The summed E-state index contributed by atoms with van der Waals surface area (Å²) in [6.45, 7) is 5.34. The fourth-order valence-corrected chi connectivity index (χ4v) is 3.40. The molecule has 0 bridgehead atoms. The van der Waals surface area contributed by atoms with E-state index in [1.165, 1.54) is 4.31 Å². The van der Waals surface area contributed by atoms with Crippen LogP contribution in [0.2, 0.25) is 0 Å². The van der Waals surface area contributed by atoms with Gasteiger partial charge in [-0.1, -0.05) is 13.8 Å². The second-order valence-corrected chi connectivity index (χ2v) is 7.71. The van der Waals surface area contributed by atoms with E-state index in [0.717, 1.165) is 0 Å². The van der Waals surface area contributed by atoms with Crippen LogP contribution in [-0.4, -0.2) is 62.5 Å². The molecule has 0 aliphatic carbocycles. The van der Waals surface area contributed by atoms with Crippen molar-refractivity contribution >= 4 is 15.9 Å². The van der Waals surface area contributed by atoms with Crippen molar-refractivity contribution in [2.24, 2.45) is 11.1 Å². The van der Waals surface area contributed by atoms with Crippen LogP contribution in [0.1, 0.15) is 20.3 Å². The molecule has 0 unspecified atom stereocenters. The molecule has 0 aromatic heterocycles. The van der Waals surface area contributed by atoms with Crippen molar-refractivity contribution in [3.63, 3.8) is 0 Å². The summed E-state index contributed by atoms with van der Waals surface area (Å²) in [7, 11) is -1.52. The molecule has 0 saturated carbocycles. The summed E-state index contributed by atoms with van der Waals surface area (Å²) < 4.78 is 24.5. The second-order valence-electron chi connectivity index (χ2n) is 5.62. The fraction of sp³-hybridized carbons (Fsp3) is 0.909. The SMILES string of the molecule is CN(CC(C)(C)CN)C(=O)CN1CCCS1(=O)=O. The Morgan fingerprint density at radius 3 is 2.50 bits per heavy atom. The van der Waals surface area contributed by atoms with Gasteiger partial charge < -0.3 is 10.6 Å². The van der Waals surface area contributed by atoms with Crippen LogP contribution in [0.3, 0.4) is 0 Å². The van der Waals surface area contributed by atoms with Gasteiger partial charge in [0.2, 0.25) is 15.9 Å². The number of carbonyl (C=O) groups excluding carboxylic acids is 1. The van der Waals surface area contributed by atoms with Gasteiger partial charge in [0.15, 0.2) is 0 Å². The maximum Gasteiger partial charge on any atom is 0.237 e. The van der Waals surface area contributed by atoms with Crippen LogP contribution in [-0.2, 0) is 14.8 Å². The Bertz CT molecular complexity index is 406. The number of hydrogen-bond acceptors (Lipinski definition) is 4. The van der Waals surface area contributed by atoms with Crippen LogP contribution in [0.15, 0.2) is 0 Å². The van der Waals surface area contributed by atoms with Crippen LogP contribution >= 0.6 is 0 Å². The van der Waals surface area contributed by atoms with E-state index < -0.39 is 10.0 Å². The minimum absolute atomic E-state index is 0.0561. The lowest BCUT2D eigenvalue weighted by Crippen LogP contribution is -2.44. The van der Waals surface area contributed by atoms with E-state index in [4.69, 9.17) is 5.73 Å². The van der Waals surface area contributed by atoms with Gasteiger partial charge in [0.05, 0.1) is 12.3 Å². The van der Waals surface area contributed by atoms with Gasteiger partial charge in [-0.15, -0.1) is 0 Å². The van der Waals surface area contributed by atoms with Gasteiger partial charge in [-0.2, -0.15) is 4.31 Å². The number of amides is 1. The standard InChI is InChI=1S/C11H23N3O3S/c1-11(2,8-12)9-13(3)10(15)7-14-5-4-6-18(14,16)17/h4-9,12H2,1-3H3. The molecule has 0 radical (unpaired) electrons. The first-order valence-corrected chi connectivity index (χ1v) is 7.71. The van der Waals surface area contributed by atoms with Crippen molar-refractivity contribution in [3.05, 3.63) is 0 Å². The summed E-state index contributed by atoms with van der Waals surface area (Å²) in [4.78, 5) is 13.5. The van der Waals surface area contributed by atoms with E-state index >= 15 is 0 Å². The maximum absolute atomic E-state index is 12.0. The number of carbonyl (C=O) groups is 1. The van der Waals surface area contributed by atoms with Crippen molar-refractivity contribution in [3.8, 4) is 0 Å². The van der Waals surface area contributed by atoms with E-state index in [-0.39, 0.29) is 23.6 Å². The first kappa shape index (κ1) is 15.4. The highest BCUT2D eigenvalue weighted by atomic mass is 32.2. The Kier molecular flexibility index (Phi) is 4.74. The van der Waals surface area contributed by atoms with Gasteiger partial charge in [0.1, 0.15) is 0 Å². The highest BCUT2D eigenvalue weighted by Crippen LogP contribution is 2.16. The molecule has 0 spiro atoms. The van der Waals surface area contributed by atoms with Crippen molar-refractivity contribution < 1.29 is 13.2 Å². The molecule has 0 aromatic rings. The van der Waals surface area contributed by atoms with Gasteiger partial charge in [0.25, 0.3) is 0 Å². The van der Waals surface area contributed by atoms with Gasteiger partial charge in [0, 0.05) is 20.1 Å². The van der Waals surface area contributed by atoms with Crippen LogP contribution in [0.5, 0.6) is 0 Å². The Balaban J connectivity index is 2.56. The Labute approximate surface area is 109 Å². The molecule has 0 atom stereocenters. The zero-order chi connectivity index (χ0) is 14.0. The van der Waals surface area contributed by atoms with Crippen LogP contribution in [0.4, 0.5) is 0 Å². The highest BCUT2D eigenvalue weighted by molar-refractivity contribution is 7.89. The minimum Gasteiger partial charge on any atom is -0.344 e. The van der Waals surface area contributed by atoms with Gasteiger partial charge in [-0.25, -0.2) is 8.42 Å². The smallest absolute Gasteiger partial charge is 0.237 e. The monoisotopic (exact) mass is 277 g/mol. The first-order valence-electron chi connectivity index (χ1n) is 6.10. The van der Waals surface area contributed by atoms with Crippen LogP contribution < -0.4 is 5.73 Å². The van der Waals surface area contributed by atoms with Crippen molar-refractivity contribution in [2.75, 3.05) is 39.0 Å². The highest BCUT2D eigenvalue weighted by Gasteiger charge is 2.31. The minimum atomic E-state index is -3.20. The third-order valence-corrected chi connectivity index (χ3v) is 5.06. The number of rotatable bonds is 5. The molecular weight excluding hydrogens is 254 g/mol. The summed E-state index contributed by atoms with van der Waals surface area (Å²) in [5, 5.41) is 0. The van der Waals surface area contributed by atoms with E-state index in [1.54, 1.807) is 11.9 Å². The van der Waals surface area contributed by atoms with E-state index in [0.29, 0.717) is 26.1 Å². The molecule has 6 nitrogen and oxygen atoms in total. The molecule has 1 aliphatic heterocycles. The summed E-state index contributed by atoms with van der Waals surface area (Å²) in [6.07, 6.45) is 0.605. The van der Waals surface area contributed by atoms with Gasteiger partial charge in [-0.05, 0) is 18.4 Å². The second kappa shape index (κ2) is 5.54. The maximum atomic E-state index is 12.0. The average Bonchev–Trinajstić information content (AvgIpc) is 2.57. The lowest BCUT2D eigenvalue weighted by molar-refractivity contribution is -0.131. The number of likely N-dealkylation sites (N-methyl/N-ethyl adjacent to an activating group) is 1. The fourth-order valence-electron chi connectivity index (χ4n) is 1.94. The molecular formula is C11H23N3O3S. The van der Waals surface area contributed by atoms with Crippen molar-refractivity contribution in [1.82, 2.24) is 9.21 Å². The lowest BCUT2D eigenvalue weighted by Gasteiger charge is -2.29. The van der Waals surface area contributed by atoms with E-state index in [9.17, 15) is 13.2 Å². The van der Waals surface area contributed by atoms with E-state index in [1.807, 2.05) is 13.8 Å². The molecule has 18 heavy (non-hydrogen) atoms.